The summed E-state index contributed by atoms with van der Waals surface area (Å²) in [7, 11) is -1.51. The fourth-order valence-electron chi connectivity index (χ4n) is 5.81. The summed E-state index contributed by atoms with van der Waals surface area (Å²) in [6.07, 6.45) is -22.1. The number of aliphatic hydroxyl groups excluding tert-OH is 9. The van der Waals surface area contributed by atoms with E-state index in [9.17, 15) is 50.9 Å². The van der Waals surface area contributed by atoms with Crippen molar-refractivity contribution in [1.82, 2.24) is 0 Å². The van der Waals surface area contributed by atoms with Crippen molar-refractivity contribution in [3.63, 3.8) is 0 Å². The third kappa shape index (κ3) is 12.9. The van der Waals surface area contributed by atoms with Crippen LogP contribution in [0, 0.1) is 10.8 Å². The van der Waals surface area contributed by atoms with Crippen molar-refractivity contribution >= 4 is 8.38 Å². The summed E-state index contributed by atoms with van der Waals surface area (Å²) in [5.74, 6) is 0. The lowest BCUT2D eigenvalue weighted by Crippen LogP contribution is -2.67. The van der Waals surface area contributed by atoms with Crippen molar-refractivity contribution in [3.05, 3.63) is 0 Å². The quantitative estimate of drug-likeness (QED) is 0.0537. The molecule has 53 heavy (non-hydrogen) atoms. The van der Waals surface area contributed by atoms with E-state index in [-0.39, 0.29) is 30.7 Å². The number of aliphatic hydroxyl groups is 9. The second-order valence-electron chi connectivity index (χ2n) is 14.7. The molecule has 0 saturated carbocycles. The van der Waals surface area contributed by atoms with Crippen LogP contribution in [-0.4, -0.2) is 189 Å². The van der Waals surface area contributed by atoms with Crippen LogP contribution in [0.2, 0.25) is 0 Å². The Morgan fingerprint density at radius 1 is 0.623 bits per heavy atom. The van der Waals surface area contributed by atoms with E-state index in [0.717, 1.165) is 6.42 Å². The summed E-state index contributed by atoms with van der Waals surface area (Å²) >= 11 is 0. The molecule has 16 atom stereocenters. The molecule has 3 heterocycles. The molecule has 0 aromatic carbocycles. The van der Waals surface area contributed by atoms with Crippen molar-refractivity contribution < 1.29 is 88.5 Å². The molecular weight excluding hydrogens is 727 g/mol. The van der Waals surface area contributed by atoms with Crippen LogP contribution in [-0.2, 0) is 37.7 Å². The Hall–Kier alpha value is -0.290. The predicted octanol–water partition coefficient (Wildman–Crippen LogP) is -1.30. The molecule has 3 aliphatic rings. The fraction of sp³-hybridized carbons (Fsp3) is 1.00. The highest BCUT2D eigenvalue weighted by molar-refractivity contribution is 7.45. The number of ether oxygens (including phenoxy) is 7. The third-order valence-corrected chi connectivity index (χ3v) is 10.8. The average molecular weight is 795 g/mol. The van der Waals surface area contributed by atoms with E-state index in [2.05, 4.69) is 0 Å². The maximum Gasteiger partial charge on any atom is 0.187 e. The molecule has 0 spiro atoms. The minimum Gasteiger partial charge on any atom is -0.394 e. The van der Waals surface area contributed by atoms with E-state index in [0.29, 0.717) is 19.4 Å². The first-order valence-electron chi connectivity index (χ1n) is 18.4. The lowest BCUT2D eigenvalue weighted by atomic mass is 9.67. The highest BCUT2D eigenvalue weighted by Gasteiger charge is 2.54. The zero-order valence-corrected chi connectivity index (χ0v) is 33.1. The Bertz CT molecular complexity index is 1010. The Labute approximate surface area is 313 Å². The molecule has 3 saturated heterocycles. The molecule has 18 nitrogen and oxygen atoms in total. The van der Waals surface area contributed by atoms with Crippen molar-refractivity contribution in [2.45, 2.75) is 160 Å². The zero-order chi connectivity index (χ0) is 40.3. The third-order valence-electron chi connectivity index (χ3n) is 10.3. The molecule has 0 aliphatic carbocycles. The molecule has 16 unspecified atom stereocenters. The Kier molecular flexibility index (Phi) is 20.8. The monoisotopic (exact) mass is 794 g/mol. The lowest BCUT2D eigenvalue weighted by Gasteiger charge is -2.48. The first-order chi connectivity index (χ1) is 24.9. The zero-order valence-electron chi connectivity index (χ0n) is 32.2. The van der Waals surface area contributed by atoms with Crippen LogP contribution in [0.5, 0.6) is 0 Å². The van der Waals surface area contributed by atoms with Gasteiger partial charge in [0.25, 0.3) is 0 Å². The predicted molar refractivity (Wildman–Crippen MR) is 188 cm³/mol. The van der Waals surface area contributed by atoms with Crippen LogP contribution in [0.25, 0.3) is 0 Å². The van der Waals surface area contributed by atoms with E-state index < -0.39 is 114 Å². The van der Waals surface area contributed by atoms with Gasteiger partial charge in [-0.05, 0) is 23.7 Å². The number of hydrogen-bond acceptors (Lipinski definition) is 18. The summed E-state index contributed by atoms with van der Waals surface area (Å²) < 4.78 is 45.2. The van der Waals surface area contributed by atoms with Crippen LogP contribution in [0.4, 0.5) is 0 Å². The molecule has 10 N–H and O–H groups in total. The molecule has 3 rings (SSSR count). The second kappa shape index (κ2) is 22.6. The standard InChI is InChI=1S/C32H61O18P.C2H6/c1-7-8-10-44-28-24(40)26(20(36)16(12-33)46-28)50-30-25(41)27(21(37)17(13-34)47-30)49-29-23(39)22(38)19(35)18(48-29)14-43-11-9-31(2,3)32(4,5)15-45-51(6)42;1-2/h16-30,33-42H,7-15H2,1-6H3;1-2H3. The van der Waals surface area contributed by atoms with E-state index in [1.165, 1.54) is 0 Å². The highest BCUT2D eigenvalue weighted by Crippen LogP contribution is 2.44. The fourth-order valence-corrected chi connectivity index (χ4v) is 6.32. The maximum atomic E-state index is 11.3. The van der Waals surface area contributed by atoms with Gasteiger partial charge in [0.2, 0.25) is 0 Å². The van der Waals surface area contributed by atoms with Gasteiger partial charge in [-0.25, -0.2) is 0 Å². The van der Waals surface area contributed by atoms with Crippen LogP contribution in [0.15, 0.2) is 0 Å². The lowest BCUT2D eigenvalue weighted by molar-refractivity contribution is -0.381. The summed E-state index contributed by atoms with van der Waals surface area (Å²) in [5.41, 5.74) is -0.636. The van der Waals surface area contributed by atoms with Crippen molar-refractivity contribution in [2.75, 3.05) is 46.3 Å². The maximum absolute atomic E-state index is 11.3. The minimum absolute atomic E-state index is 0.198. The molecule has 3 fully saturated rings. The Morgan fingerprint density at radius 3 is 1.62 bits per heavy atom. The topological polar surface area (TPSA) is 276 Å². The van der Waals surface area contributed by atoms with Gasteiger partial charge in [0.15, 0.2) is 27.2 Å². The van der Waals surface area contributed by atoms with E-state index in [4.69, 9.17) is 37.7 Å². The van der Waals surface area contributed by atoms with Crippen molar-refractivity contribution in [2.24, 2.45) is 10.8 Å². The molecule has 316 valence electrons. The van der Waals surface area contributed by atoms with Crippen LogP contribution < -0.4 is 0 Å². The summed E-state index contributed by atoms with van der Waals surface area (Å²) in [5, 5.41) is 95.8. The van der Waals surface area contributed by atoms with Crippen molar-refractivity contribution in [1.29, 1.82) is 0 Å². The normalized spacial score (nSPS) is 38.9. The van der Waals surface area contributed by atoms with Gasteiger partial charge >= 0.3 is 0 Å². The van der Waals surface area contributed by atoms with E-state index in [1.54, 1.807) is 6.66 Å². The van der Waals surface area contributed by atoms with Crippen LogP contribution >= 0.6 is 8.38 Å². The van der Waals surface area contributed by atoms with Gasteiger partial charge in [-0.2, -0.15) is 0 Å². The number of rotatable bonds is 19. The highest BCUT2D eigenvalue weighted by atomic mass is 31.2. The van der Waals surface area contributed by atoms with Gasteiger partial charge in [0.05, 0.1) is 26.4 Å². The second-order valence-corrected chi connectivity index (χ2v) is 15.9. The molecule has 19 heteroatoms. The van der Waals surface area contributed by atoms with Gasteiger partial charge in [-0.1, -0.05) is 54.9 Å². The average Bonchev–Trinajstić information content (AvgIpc) is 3.12. The Balaban J connectivity index is 0.00000477. The first kappa shape index (κ1) is 48.9. The smallest absolute Gasteiger partial charge is 0.187 e. The molecule has 0 amide bonds. The van der Waals surface area contributed by atoms with Gasteiger partial charge in [-0.3, -0.25) is 0 Å². The van der Waals surface area contributed by atoms with Crippen molar-refractivity contribution in [3.8, 4) is 0 Å². The van der Waals surface area contributed by atoms with Gasteiger partial charge in [0, 0.05) is 19.9 Å². The molecule has 3 aliphatic heterocycles. The number of unbranched alkanes of at least 4 members (excludes halogenated alkanes) is 1. The largest absolute Gasteiger partial charge is 0.394 e. The Morgan fingerprint density at radius 2 is 1.11 bits per heavy atom. The summed E-state index contributed by atoms with van der Waals surface area (Å²) in [4.78, 5) is 9.59. The van der Waals surface area contributed by atoms with Gasteiger partial charge in [0.1, 0.15) is 73.2 Å². The molecule has 0 bridgehead atoms. The summed E-state index contributed by atoms with van der Waals surface area (Å²) in [6, 6.07) is 0. The van der Waals surface area contributed by atoms with Crippen LogP contribution in [0.1, 0.15) is 67.7 Å². The van der Waals surface area contributed by atoms with Gasteiger partial charge < -0.3 is 88.5 Å². The van der Waals surface area contributed by atoms with E-state index in [1.807, 2.05) is 48.5 Å². The number of hydrogen-bond donors (Lipinski definition) is 10. The SMILES string of the molecule is CC.CCCCOC1OC(CO)C(O)C(OC2OC(CO)C(O)C(OC3OC(COCCC(C)(C)C(C)(C)COP(C)O)C(O)C(O)C3O)C2O)C1O. The van der Waals surface area contributed by atoms with Gasteiger partial charge in [-0.15, -0.1) is 0 Å². The van der Waals surface area contributed by atoms with Crippen LogP contribution in [0.3, 0.4) is 0 Å². The summed E-state index contributed by atoms with van der Waals surface area (Å²) in [6.45, 7) is 14.7. The molecule has 0 aromatic rings. The first-order valence-corrected chi connectivity index (χ1v) is 20.1. The molecule has 0 radical (unpaired) electrons. The molecule has 0 aromatic heterocycles. The molecular formula is C34H67O18P. The van der Waals surface area contributed by atoms with E-state index >= 15 is 0 Å². The minimum atomic E-state index is -1.89.